The van der Waals surface area contributed by atoms with Crippen LogP contribution in [0.3, 0.4) is 0 Å². The van der Waals surface area contributed by atoms with Crippen LogP contribution in [0.2, 0.25) is 5.02 Å². The second-order valence-electron chi connectivity index (χ2n) is 11.1. The number of rotatable bonds is 7. The lowest BCUT2D eigenvalue weighted by Crippen LogP contribution is -2.40. The van der Waals surface area contributed by atoms with Crippen LogP contribution in [0.15, 0.2) is 93.9 Å². The molecule has 1 N–H and O–H groups in total. The number of para-hydroxylation sites is 1. The number of nitrogens with zero attached hydrogens (tertiary/aromatic N) is 3. The maximum atomic E-state index is 14.4. The predicted octanol–water partition coefficient (Wildman–Crippen LogP) is 6.26. The van der Waals surface area contributed by atoms with Crippen LogP contribution in [-0.4, -0.2) is 29.3 Å². The topological polar surface area (TPSA) is 86.9 Å². The SMILES string of the molecule is COc1ccc([C@H]2C(C(=O)Nc3ccccc3)=C(C)N=c3s/c(=C\c4cc(C)n(-c5cccc(Cl)c5C)c4C)c(=O)n32)c(OC)c1. The molecule has 46 heavy (non-hydrogen) atoms. The lowest BCUT2D eigenvalue weighted by Gasteiger charge is -2.26. The largest absolute Gasteiger partial charge is 0.497 e. The zero-order valence-corrected chi connectivity index (χ0v) is 27.9. The van der Waals surface area contributed by atoms with Crippen LogP contribution in [0.5, 0.6) is 11.5 Å². The third-order valence-electron chi connectivity index (χ3n) is 8.27. The van der Waals surface area contributed by atoms with Gasteiger partial charge in [-0.3, -0.25) is 14.2 Å². The Labute approximate surface area is 275 Å². The fraction of sp³-hybridized carbons (Fsp3) is 0.194. The van der Waals surface area contributed by atoms with Gasteiger partial charge in [0, 0.05) is 39.4 Å². The van der Waals surface area contributed by atoms with E-state index in [1.54, 1.807) is 37.8 Å². The summed E-state index contributed by atoms with van der Waals surface area (Å²) >= 11 is 7.74. The quantitative estimate of drug-likeness (QED) is 0.225. The molecule has 1 amide bonds. The van der Waals surface area contributed by atoms with Gasteiger partial charge in [0.2, 0.25) is 0 Å². The van der Waals surface area contributed by atoms with Crippen molar-refractivity contribution in [2.45, 2.75) is 33.7 Å². The number of benzene rings is 3. The van der Waals surface area contributed by atoms with Gasteiger partial charge in [-0.05, 0) is 87.4 Å². The Morgan fingerprint density at radius 2 is 1.74 bits per heavy atom. The highest BCUT2D eigenvalue weighted by molar-refractivity contribution is 7.07. The average Bonchev–Trinajstić information content (AvgIpc) is 3.50. The van der Waals surface area contributed by atoms with E-state index in [2.05, 4.69) is 16.0 Å². The van der Waals surface area contributed by atoms with Crippen molar-refractivity contribution in [3.05, 3.63) is 137 Å². The molecule has 10 heteroatoms. The normalized spacial score (nSPS) is 14.6. The Hall–Kier alpha value is -4.86. The summed E-state index contributed by atoms with van der Waals surface area (Å²) in [5.74, 6) is 0.721. The predicted molar refractivity (Wildman–Crippen MR) is 183 cm³/mol. The number of hydrogen-bond donors (Lipinski definition) is 1. The van der Waals surface area contributed by atoms with Crippen molar-refractivity contribution < 1.29 is 14.3 Å². The first-order valence-electron chi connectivity index (χ1n) is 14.7. The summed E-state index contributed by atoms with van der Waals surface area (Å²) in [7, 11) is 3.13. The van der Waals surface area contributed by atoms with E-state index in [-0.39, 0.29) is 11.5 Å². The van der Waals surface area contributed by atoms with Crippen molar-refractivity contribution in [2.75, 3.05) is 19.5 Å². The lowest BCUT2D eigenvalue weighted by atomic mass is 9.94. The minimum Gasteiger partial charge on any atom is -0.497 e. The lowest BCUT2D eigenvalue weighted by molar-refractivity contribution is -0.113. The van der Waals surface area contributed by atoms with Crippen LogP contribution in [0.25, 0.3) is 11.8 Å². The molecule has 234 valence electrons. The molecule has 1 aliphatic rings. The van der Waals surface area contributed by atoms with E-state index < -0.39 is 6.04 Å². The molecule has 0 radical (unpaired) electrons. The maximum Gasteiger partial charge on any atom is 0.271 e. The van der Waals surface area contributed by atoms with Crippen LogP contribution in [0.4, 0.5) is 5.69 Å². The monoisotopic (exact) mass is 652 g/mol. The number of methoxy groups -OCH3 is 2. The summed E-state index contributed by atoms with van der Waals surface area (Å²) < 4.78 is 15.4. The number of aryl methyl sites for hydroxylation is 1. The number of nitrogens with one attached hydrogen (secondary N) is 1. The number of ether oxygens (including phenoxy) is 2. The van der Waals surface area contributed by atoms with Crippen LogP contribution in [0, 0.1) is 20.8 Å². The fourth-order valence-electron chi connectivity index (χ4n) is 5.95. The number of halogens is 1. The second-order valence-corrected chi connectivity index (χ2v) is 12.5. The van der Waals surface area contributed by atoms with E-state index >= 15 is 0 Å². The number of fused-ring (bicyclic) bond motifs is 1. The van der Waals surface area contributed by atoms with E-state index in [1.165, 1.54) is 11.3 Å². The summed E-state index contributed by atoms with van der Waals surface area (Å²) in [6, 6.07) is 21.7. The summed E-state index contributed by atoms with van der Waals surface area (Å²) in [4.78, 5) is 33.6. The van der Waals surface area contributed by atoms with Crippen molar-refractivity contribution >= 4 is 40.6 Å². The standard InChI is InChI=1S/C36H33ClN4O4S/c1-20-17-24(23(4)40(20)29-14-10-13-28(37)21(29)2)18-31-35(43)41-33(27-16-15-26(44-5)19-30(27)45-6)32(22(3)38-36(41)46-31)34(42)39-25-11-8-7-9-12-25/h7-19,33H,1-6H3,(H,39,42)/b31-18-/t33-/m0/s1. The zero-order chi connectivity index (χ0) is 32.7. The number of allylic oxidation sites excluding steroid dienone is 1. The number of aromatic nitrogens is 2. The Morgan fingerprint density at radius 3 is 2.46 bits per heavy atom. The molecule has 0 aliphatic carbocycles. The zero-order valence-electron chi connectivity index (χ0n) is 26.3. The molecule has 0 spiro atoms. The summed E-state index contributed by atoms with van der Waals surface area (Å²) in [6.45, 7) is 7.84. The summed E-state index contributed by atoms with van der Waals surface area (Å²) in [6.07, 6.45) is 1.90. The van der Waals surface area contributed by atoms with Crippen molar-refractivity contribution in [1.29, 1.82) is 0 Å². The maximum absolute atomic E-state index is 14.4. The van der Waals surface area contributed by atoms with Crippen molar-refractivity contribution in [2.24, 2.45) is 4.99 Å². The highest BCUT2D eigenvalue weighted by Gasteiger charge is 2.34. The third kappa shape index (κ3) is 5.46. The fourth-order valence-corrected chi connectivity index (χ4v) is 7.16. The number of thiazole rings is 1. The molecular formula is C36H33ClN4O4S. The van der Waals surface area contributed by atoms with Crippen LogP contribution in [-0.2, 0) is 4.79 Å². The van der Waals surface area contributed by atoms with Crippen LogP contribution < -0.4 is 29.7 Å². The Bertz CT molecular complexity index is 2210. The molecule has 1 aliphatic heterocycles. The van der Waals surface area contributed by atoms with Gasteiger partial charge in [-0.15, -0.1) is 0 Å². The molecule has 6 rings (SSSR count). The minimum absolute atomic E-state index is 0.257. The smallest absolute Gasteiger partial charge is 0.271 e. The van der Waals surface area contributed by atoms with Gasteiger partial charge in [0.15, 0.2) is 4.80 Å². The number of hydrogen-bond acceptors (Lipinski definition) is 6. The second kappa shape index (κ2) is 12.5. The van der Waals surface area contributed by atoms with Crippen LogP contribution in [0.1, 0.15) is 41.0 Å². The summed E-state index contributed by atoms with van der Waals surface area (Å²) in [5, 5.41) is 3.68. The van der Waals surface area contributed by atoms with Gasteiger partial charge in [0.1, 0.15) is 17.5 Å². The van der Waals surface area contributed by atoms with E-state index in [4.69, 9.17) is 26.1 Å². The number of amides is 1. The van der Waals surface area contributed by atoms with Gasteiger partial charge >= 0.3 is 0 Å². The molecule has 2 aromatic heterocycles. The molecule has 3 heterocycles. The van der Waals surface area contributed by atoms with Crippen molar-refractivity contribution in [3.8, 4) is 17.2 Å². The molecule has 5 aromatic rings. The highest BCUT2D eigenvalue weighted by Crippen LogP contribution is 2.37. The van der Waals surface area contributed by atoms with E-state index in [0.717, 1.165) is 28.2 Å². The van der Waals surface area contributed by atoms with Gasteiger partial charge < -0.3 is 19.4 Å². The molecule has 0 saturated carbocycles. The molecule has 8 nitrogen and oxygen atoms in total. The Kier molecular flexibility index (Phi) is 8.46. The van der Waals surface area contributed by atoms with E-state index in [1.807, 2.05) is 81.4 Å². The summed E-state index contributed by atoms with van der Waals surface area (Å²) in [5.41, 5.74) is 6.72. The number of carbonyl (C=O) groups is 1. The van der Waals surface area contributed by atoms with Gasteiger partial charge in [-0.1, -0.05) is 47.2 Å². The third-order valence-corrected chi connectivity index (χ3v) is 9.66. The molecule has 0 saturated heterocycles. The molecule has 0 bridgehead atoms. The first-order valence-corrected chi connectivity index (χ1v) is 15.9. The highest BCUT2D eigenvalue weighted by atomic mass is 35.5. The minimum atomic E-state index is -0.801. The molecular weight excluding hydrogens is 620 g/mol. The van der Waals surface area contributed by atoms with E-state index in [9.17, 15) is 9.59 Å². The van der Waals surface area contributed by atoms with Crippen LogP contribution >= 0.6 is 22.9 Å². The first-order chi connectivity index (χ1) is 22.1. The van der Waals surface area contributed by atoms with Gasteiger partial charge in [0.25, 0.3) is 11.5 Å². The van der Waals surface area contributed by atoms with Gasteiger partial charge in [-0.2, -0.15) is 0 Å². The molecule has 1 atom stereocenters. The van der Waals surface area contributed by atoms with Crippen molar-refractivity contribution in [3.63, 3.8) is 0 Å². The number of anilines is 1. The Balaban J connectivity index is 1.54. The Morgan fingerprint density at radius 1 is 0.978 bits per heavy atom. The molecule has 0 unspecified atom stereocenters. The molecule has 0 fully saturated rings. The van der Waals surface area contributed by atoms with E-state index in [0.29, 0.717) is 48.4 Å². The van der Waals surface area contributed by atoms with Crippen molar-refractivity contribution in [1.82, 2.24) is 9.13 Å². The number of carbonyl (C=O) groups excluding carboxylic acids is 1. The first kappa shape index (κ1) is 31.1. The molecule has 3 aromatic carbocycles. The average molecular weight is 653 g/mol. The van der Waals surface area contributed by atoms with Gasteiger partial charge in [0.05, 0.1) is 30.0 Å². The van der Waals surface area contributed by atoms with Gasteiger partial charge in [-0.25, -0.2) is 4.99 Å².